The minimum atomic E-state index is -0.941. The summed E-state index contributed by atoms with van der Waals surface area (Å²) in [7, 11) is 1.31. The molecule has 2 aromatic rings. The van der Waals surface area contributed by atoms with E-state index in [0.29, 0.717) is 17.0 Å². The van der Waals surface area contributed by atoms with E-state index in [1.807, 2.05) is 0 Å². The summed E-state index contributed by atoms with van der Waals surface area (Å²) in [6.07, 6.45) is 0. The van der Waals surface area contributed by atoms with E-state index in [9.17, 15) is 18.4 Å². The third-order valence-electron chi connectivity index (χ3n) is 3.41. The van der Waals surface area contributed by atoms with Gasteiger partial charge in [0, 0.05) is 11.4 Å². The Labute approximate surface area is 148 Å². The van der Waals surface area contributed by atoms with Crippen molar-refractivity contribution in [2.75, 3.05) is 7.11 Å². The van der Waals surface area contributed by atoms with Crippen LogP contribution >= 0.6 is 11.8 Å². The fourth-order valence-corrected chi connectivity index (χ4v) is 2.93. The third-order valence-corrected chi connectivity index (χ3v) is 4.51. The normalized spacial score (nSPS) is 11.7. The van der Waals surface area contributed by atoms with Gasteiger partial charge in [-0.1, -0.05) is 12.1 Å². The highest BCUT2D eigenvalue weighted by Crippen LogP contribution is 2.25. The smallest absolute Gasteiger partial charge is 0.337 e. The third kappa shape index (κ3) is 5.29. The number of halogens is 2. The van der Waals surface area contributed by atoms with Crippen LogP contribution in [-0.4, -0.2) is 24.2 Å². The molecule has 0 saturated heterocycles. The Kier molecular flexibility index (Phi) is 6.52. The maximum Gasteiger partial charge on any atom is 0.337 e. The van der Waals surface area contributed by atoms with Crippen LogP contribution in [0.1, 0.15) is 22.8 Å². The molecular formula is C18H17F2NO3S. The number of carbonyl (C=O) groups is 2. The van der Waals surface area contributed by atoms with Crippen molar-refractivity contribution in [2.24, 2.45) is 0 Å². The zero-order valence-electron chi connectivity index (χ0n) is 13.7. The first-order valence-corrected chi connectivity index (χ1v) is 8.35. The molecule has 2 aromatic carbocycles. The van der Waals surface area contributed by atoms with Crippen LogP contribution < -0.4 is 5.32 Å². The molecule has 0 aliphatic heterocycles. The number of benzene rings is 2. The van der Waals surface area contributed by atoms with E-state index in [0.717, 1.165) is 29.5 Å². The van der Waals surface area contributed by atoms with Crippen molar-refractivity contribution in [3.05, 3.63) is 65.2 Å². The number of carbonyl (C=O) groups excluding carboxylic acids is 2. The molecule has 4 nitrogen and oxygen atoms in total. The van der Waals surface area contributed by atoms with Crippen molar-refractivity contribution in [1.29, 1.82) is 0 Å². The molecule has 0 aliphatic rings. The Morgan fingerprint density at radius 2 is 1.80 bits per heavy atom. The topological polar surface area (TPSA) is 55.4 Å². The molecule has 2 rings (SSSR count). The summed E-state index contributed by atoms with van der Waals surface area (Å²) >= 11 is 1.14. The number of esters is 1. The summed E-state index contributed by atoms with van der Waals surface area (Å²) in [5.74, 6) is -2.51. The van der Waals surface area contributed by atoms with Crippen molar-refractivity contribution in [2.45, 2.75) is 23.6 Å². The first-order valence-electron chi connectivity index (χ1n) is 7.47. The van der Waals surface area contributed by atoms with Gasteiger partial charge in [-0.15, -0.1) is 11.8 Å². The van der Waals surface area contributed by atoms with Gasteiger partial charge in [-0.05, 0) is 42.8 Å². The predicted molar refractivity (Wildman–Crippen MR) is 91.3 cm³/mol. The molecule has 0 fully saturated rings. The highest BCUT2D eigenvalue weighted by Gasteiger charge is 2.15. The van der Waals surface area contributed by atoms with Gasteiger partial charge in [0.05, 0.1) is 17.9 Å². The van der Waals surface area contributed by atoms with Crippen LogP contribution in [0.5, 0.6) is 0 Å². The minimum Gasteiger partial charge on any atom is -0.465 e. The number of amides is 1. The van der Waals surface area contributed by atoms with Crippen molar-refractivity contribution in [3.8, 4) is 0 Å². The number of ether oxygens (including phenoxy) is 1. The fraction of sp³-hybridized carbons (Fsp3) is 0.222. The molecule has 0 spiro atoms. The highest BCUT2D eigenvalue weighted by molar-refractivity contribution is 8.00. The molecule has 0 aliphatic carbocycles. The van der Waals surface area contributed by atoms with Crippen LogP contribution in [0, 0.1) is 11.6 Å². The van der Waals surface area contributed by atoms with Gasteiger partial charge in [0.15, 0.2) is 11.6 Å². The molecule has 1 unspecified atom stereocenters. The molecule has 1 amide bonds. The Morgan fingerprint density at radius 3 is 2.40 bits per heavy atom. The van der Waals surface area contributed by atoms with Gasteiger partial charge in [-0.25, -0.2) is 13.6 Å². The van der Waals surface area contributed by atoms with Gasteiger partial charge in [0.1, 0.15) is 0 Å². The SMILES string of the molecule is COC(=O)c1ccc(CNC(=O)C(C)Sc2ccc(F)c(F)c2)cc1. The van der Waals surface area contributed by atoms with E-state index in [2.05, 4.69) is 10.1 Å². The van der Waals surface area contributed by atoms with Crippen LogP contribution in [-0.2, 0) is 16.1 Å². The molecular weight excluding hydrogens is 348 g/mol. The van der Waals surface area contributed by atoms with Crippen LogP contribution in [0.3, 0.4) is 0 Å². The van der Waals surface area contributed by atoms with Gasteiger partial charge in [-0.3, -0.25) is 4.79 Å². The lowest BCUT2D eigenvalue weighted by molar-refractivity contribution is -0.120. The molecule has 0 radical (unpaired) electrons. The molecule has 25 heavy (non-hydrogen) atoms. The Bertz CT molecular complexity index is 765. The summed E-state index contributed by atoms with van der Waals surface area (Å²) in [6, 6.07) is 10.2. The number of methoxy groups -OCH3 is 1. The number of thioether (sulfide) groups is 1. The van der Waals surface area contributed by atoms with Crippen LogP contribution in [0.25, 0.3) is 0 Å². The van der Waals surface area contributed by atoms with E-state index in [4.69, 9.17) is 0 Å². The first-order chi connectivity index (χ1) is 11.9. The fourth-order valence-electron chi connectivity index (χ4n) is 2.02. The highest BCUT2D eigenvalue weighted by atomic mass is 32.2. The van der Waals surface area contributed by atoms with Crippen LogP contribution in [0.2, 0.25) is 0 Å². The molecule has 1 atom stereocenters. The molecule has 0 bridgehead atoms. The zero-order valence-corrected chi connectivity index (χ0v) is 14.5. The first kappa shape index (κ1) is 18.9. The summed E-state index contributed by atoms with van der Waals surface area (Å²) in [5.41, 5.74) is 1.26. The Morgan fingerprint density at radius 1 is 1.12 bits per heavy atom. The van der Waals surface area contributed by atoms with Crippen LogP contribution in [0.4, 0.5) is 8.78 Å². The van der Waals surface area contributed by atoms with Crippen LogP contribution in [0.15, 0.2) is 47.4 Å². The lowest BCUT2D eigenvalue weighted by Gasteiger charge is -2.12. The lowest BCUT2D eigenvalue weighted by Crippen LogP contribution is -2.30. The number of rotatable bonds is 6. The van der Waals surface area contributed by atoms with E-state index in [1.54, 1.807) is 31.2 Å². The number of nitrogens with one attached hydrogen (secondary N) is 1. The standard InChI is InChI=1S/C18H17F2NO3S/c1-11(25-14-7-8-15(19)16(20)9-14)17(22)21-10-12-3-5-13(6-4-12)18(23)24-2/h3-9,11H,10H2,1-2H3,(H,21,22). The molecule has 0 aromatic heterocycles. The van der Waals surface area contributed by atoms with Crippen molar-refractivity contribution >= 4 is 23.6 Å². The minimum absolute atomic E-state index is 0.230. The van der Waals surface area contributed by atoms with E-state index in [-0.39, 0.29) is 5.91 Å². The average molecular weight is 365 g/mol. The molecule has 7 heteroatoms. The van der Waals surface area contributed by atoms with Crippen molar-refractivity contribution < 1.29 is 23.1 Å². The van der Waals surface area contributed by atoms with Crippen molar-refractivity contribution in [3.63, 3.8) is 0 Å². The Balaban J connectivity index is 1.88. The van der Waals surface area contributed by atoms with E-state index < -0.39 is 22.9 Å². The maximum atomic E-state index is 13.2. The van der Waals surface area contributed by atoms with Gasteiger partial charge in [-0.2, -0.15) is 0 Å². The summed E-state index contributed by atoms with van der Waals surface area (Å²) in [6.45, 7) is 1.98. The number of hydrogen-bond acceptors (Lipinski definition) is 4. The largest absolute Gasteiger partial charge is 0.465 e. The number of hydrogen-bond donors (Lipinski definition) is 1. The predicted octanol–water partition coefficient (Wildman–Crippen LogP) is 3.55. The quantitative estimate of drug-likeness (QED) is 0.628. The summed E-state index contributed by atoms with van der Waals surface area (Å²) < 4.78 is 30.7. The van der Waals surface area contributed by atoms with E-state index >= 15 is 0 Å². The average Bonchev–Trinajstić information content (AvgIpc) is 2.62. The molecule has 1 N–H and O–H groups in total. The Hall–Kier alpha value is -2.41. The maximum absolute atomic E-state index is 13.2. The molecule has 132 valence electrons. The van der Waals surface area contributed by atoms with Gasteiger partial charge >= 0.3 is 5.97 Å². The van der Waals surface area contributed by atoms with E-state index in [1.165, 1.54) is 13.2 Å². The van der Waals surface area contributed by atoms with Gasteiger partial charge < -0.3 is 10.1 Å². The molecule has 0 saturated carbocycles. The summed E-state index contributed by atoms with van der Waals surface area (Å²) in [5, 5.41) is 2.29. The summed E-state index contributed by atoms with van der Waals surface area (Å²) in [4.78, 5) is 23.9. The zero-order chi connectivity index (χ0) is 18.4. The lowest BCUT2D eigenvalue weighted by atomic mass is 10.1. The second-order valence-electron chi connectivity index (χ2n) is 5.24. The monoisotopic (exact) mass is 365 g/mol. The van der Waals surface area contributed by atoms with Crippen molar-refractivity contribution in [1.82, 2.24) is 5.32 Å². The second-order valence-corrected chi connectivity index (χ2v) is 6.66. The molecule has 0 heterocycles. The second kappa shape index (κ2) is 8.62. The van der Waals surface area contributed by atoms with Gasteiger partial charge in [0.2, 0.25) is 5.91 Å². The van der Waals surface area contributed by atoms with Gasteiger partial charge in [0.25, 0.3) is 0 Å².